The first-order valence-corrected chi connectivity index (χ1v) is 4.53. The van der Waals surface area contributed by atoms with Crippen molar-refractivity contribution in [3.63, 3.8) is 0 Å². The van der Waals surface area contributed by atoms with Crippen LogP contribution in [0.3, 0.4) is 0 Å². The summed E-state index contributed by atoms with van der Waals surface area (Å²) in [6.07, 6.45) is 0.579. The summed E-state index contributed by atoms with van der Waals surface area (Å²) in [5.41, 5.74) is 0.886. The van der Waals surface area contributed by atoms with Gasteiger partial charge in [-0.25, -0.2) is 4.79 Å². The minimum absolute atomic E-state index is 0.195. The van der Waals surface area contributed by atoms with Gasteiger partial charge in [0, 0.05) is 6.42 Å². The molecule has 80 valence electrons. The Morgan fingerprint density at radius 2 is 2.00 bits per heavy atom. The first-order valence-electron chi connectivity index (χ1n) is 4.53. The van der Waals surface area contributed by atoms with E-state index in [4.69, 9.17) is 5.11 Å². The molecule has 0 radical (unpaired) electrons. The topological polar surface area (TPSA) is 63.6 Å². The second-order valence-corrected chi connectivity index (χ2v) is 3.04. The van der Waals surface area contributed by atoms with Gasteiger partial charge in [0.25, 0.3) is 0 Å². The fraction of sp³-hybridized carbons (Fsp3) is 0.273. The molecule has 0 spiro atoms. The molecule has 15 heavy (non-hydrogen) atoms. The van der Waals surface area contributed by atoms with Gasteiger partial charge >= 0.3 is 11.9 Å². The number of hydrogen-bond donors (Lipinski definition) is 1. The van der Waals surface area contributed by atoms with Crippen molar-refractivity contribution in [2.24, 2.45) is 0 Å². The van der Waals surface area contributed by atoms with Crippen LogP contribution in [0.4, 0.5) is 0 Å². The van der Waals surface area contributed by atoms with Crippen molar-refractivity contribution in [3.8, 4) is 0 Å². The second-order valence-electron chi connectivity index (χ2n) is 3.04. The molecule has 0 heterocycles. The molecule has 0 amide bonds. The van der Waals surface area contributed by atoms with Crippen LogP contribution in [-0.2, 0) is 16.0 Å². The SMILES string of the molecule is COC(=O)CCc1ccccc1C(=O)O. The molecule has 0 aliphatic carbocycles. The van der Waals surface area contributed by atoms with Crippen LogP contribution in [0.25, 0.3) is 0 Å². The van der Waals surface area contributed by atoms with Gasteiger partial charge in [0.15, 0.2) is 0 Å². The third-order valence-electron chi connectivity index (χ3n) is 2.07. The lowest BCUT2D eigenvalue weighted by atomic mass is 10.0. The lowest BCUT2D eigenvalue weighted by Crippen LogP contribution is -2.06. The Kier molecular flexibility index (Phi) is 3.85. The highest BCUT2D eigenvalue weighted by Gasteiger charge is 2.10. The molecular weight excluding hydrogens is 196 g/mol. The summed E-state index contributed by atoms with van der Waals surface area (Å²) in [5.74, 6) is -1.31. The summed E-state index contributed by atoms with van der Waals surface area (Å²) in [7, 11) is 1.31. The van der Waals surface area contributed by atoms with Crippen molar-refractivity contribution in [2.75, 3.05) is 7.11 Å². The molecule has 0 saturated carbocycles. The van der Waals surface area contributed by atoms with Gasteiger partial charge in [-0.05, 0) is 18.1 Å². The van der Waals surface area contributed by atoms with Crippen LogP contribution in [-0.4, -0.2) is 24.2 Å². The maximum atomic E-state index is 10.9. The number of ether oxygens (including phenoxy) is 1. The van der Waals surface area contributed by atoms with E-state index >= 15 is 0 Å². The standard InChI is InChI=1S/C11H12O4/c1-15-10(12)7-6-8-4-2-3-5-9(8)11(13)14/h2-5H,6-7H2,1H3,(H,13,14). The highest BCUT2D eigenvalue weighted by molar-refractivity contribution is 5.89. The van der Waals surface area contributed by atoms with Crippen molar-refractivity contribution in [3.05, 3.63) is 35.4 Å². The largest absolute Gasteiger partial charge is 0.478 e. The minimum Gasteiger partial charge on any atom is -0.478 e. The summed E-state index contributed by atoms with van der Waals surface area (Å²) in [4.78, 5) is 21.7. The monoisotopic (exact) mass is 208 g/mol. The number of rotatable bonds is 4. The smallest absolute Gasteiger partial charge is 0.335 e. The summed E-state index contributed by atoms with van der Waals surface area (Å²) < 4.78 is 4.49. The zero-order chi connectivity index (χ0) is 11.3. The quantitative estimate of drug-likeness (QED) is 0.761. The van der Waals surface area contributed by atoms with Crippen molar-refractivity contribution < 1.29 is 19.4 Å². The molecule has 0 atom stereocenters. The molecule has 4 nitrogen and oxygen atoms in total. The molecule has 0 aliphatic rings. The molecule has 1 N–H and O–H groups in total. The molecule has 0 aliphatic heterocycles. The lowest BCUT2D eigenvalue weighted by Gasteiger charge is -2.04. The van der Waals surface area contributed by atoms with Gasteiger partial charge in [-0.1, -0.05) is 18.2 Å². The summed E-state index contributed by atoms with van der Waals surface area (Å²) in [6.45, 7) is 0. The Hall–Kier alpha value is -1.84. The Bertz CT molecular complexity index is 371. The Labute approximate surface area is 87.5 Å². The fourth-order valence-electron chi connectivity index (χ4n) is 1.29. The van der Waals surface area contributed by atoms with E-state index in [-0.39, 0.29) is 18.0 Å². The number of carboxylic acids is 1. The van der Waals surface area contributed by atoms with Crippen LogP contribution in [0.5, 0.6) is 0 Å². The number of benzene rings is 1. The highest BCUT2D eigenvalue weighted by Crippen LogP contribution is 2.11. The maximum Gasteiger partial charge on any atom is 0.335 e. The van der Waals surface area contributed by atoms with E-state index in [1.165, 1.54) is 13.2 Å². The van der Waals surface area contributed by atoms with E-state index < -0.39 is 5.97 Å². The highest BCUT2D eigenvalue weighted by atomic mass is 16.5. The van der Waals surface area contributed by atoms with E-state index in [9.17, 15) is 9.59 Å². The van der Waals surface area contributed by atoms with Crippen LogP contribution in [0.15, 0.2) is 24.3 Å². The normalized spacial score (nSPS) is 9.67. The molecular formula is C11H12O4. The number of hydrogen-bond acceptors (Lipinski definition) is 3. The molecule has 1 aromatic rings. The van der Waals surface area contributed by atoms with Crippen LogP contribution in [0.2, 0.25) is 0 Å². The average Bonchev–Trinajstić information content (AvgIpc) is 2.26. The van der Waals surface area contributed by atoms with E-state index in [1.54, 1.807) is 18.2 Å². The molecule has 1 aromatic carbocycles. The van der Waals surface area contributed by atoms with Crippen molar-refractivity contribution in [2.45, 2.75) is 12.8 Å². The third kappa shape index (κ3) is 3.09. The number of esters is 1. The summed E-state index contributed by atoms with van der Waals surface area (Å²) in [5, 5.41) is 8.87. The minimum atomic E-state index is -0.976. The van der Waals surface area contributed by atoms with E-state index in [2.05, 4.69) is 4.74 Å². The predicted molar refractivity (Wildman–Crippen MR) is 53.7 cm³/mol. The van der Waals surface area contributed by atoms with Gasteiger partial charge in [-0.2, -0.15) is 0 Å². The lowest BCUT2D eigenvalue weighted by molar-refractivity contribution is -0.140. The Morgan fingerprint density at radius 3 is 2.60 bits per heavy atom. The van der Waals surface area contributed by atoms with Crippen LogP contribution < -0.4 is 0 Å². The molecule has 4 heteroatoms. The van der Waals surface area contributed by atoms with Gasteiger partial charge in [0.05, 0.1) is 12.7 Å². The molecule has 1 rings (SSSR count). The van der Waals surface area contributed by atoms with E-state index in [0.29, 0.717) is 12.0 Å². The zero-order valence-corrected chi connectivity index (χ0v) is 8.40. The number of carboxylic acid groups (broad SMARTS) is 1. The van der Waals surface area contributed by atoms with Crippen LogP contribution in [0.1, 0.15) is 22.3 Å². The number of carbonyl (C=O) groups is 2. The third-order valence-corrected chi connectivity index (χ3v) is 2.07. The van der Waals surface area contributed by atoms with Gasteiger partial charge in [0.1, 0.15) is 0 Å². The number of methoxy groups -OCH3 is 1. The average molecular weight is 208 g/mol. The van der Waals surface area contributed by atoms with Gasteiger partial charge in [-0.15, -0.1) is 0 Å². The van der Waals surface area contributed by atoms with E-state index in [0.717, 1.165) is 0 Å². The number of carbonyl (C=O) groups excluding carboxylic acids is 1. The van der Waals surface area contributed by atoms with Crippen LogP contribution in [0, 0.1) is 0 Å². The molecule has 0 fully saturated rings. The fourth-order valence-corrected chi connectivity index (χ4v) is 1.29. The van der Waals surface area contributed by atoms with Gasteiger partial charge < -0.3 is 9.84 Å². The van der Waals surface area contributed by atoms with Gasteiger partial charge in [0.2, 0.25) is 0 Å². The predicted octanol–water partition coefficient (Wildman–Crippen LogP) is 1.49. The number of aromatic carboxylic acids is 1. The van der Waals surface area contributed by atoms with Crippen molar-refractivity contribution in [1.82, 2.24) is 0 Å². The van der Waals surface area contributed by atoms with E-state index in [1.807, 2.05) is 0 Å². The summed E-state index contributed by atoms with van der Waals surface area (Å²) in [6, 6.07) is 6.63. The molecule has 0 saturated heterocycles. The zero-order valence-electron chi connectivity index (χ0n) is 8.40. The molecule has 0 bridgehead atoms. The van der Waals surface area contributed by atoms with Crippen molar-refractivity contribution >= 4 is 11.9 Å². The molecule has 0 aromatic heterocycles. The summed E-state index contributed by atoms with van der Waals surface area (Å²) >= 11 is 0. The second kappa shape index (κ2) is 5.14. The van der Waals surface area contributed by atoms with Gasteiger partial charge in [-0.3, -0.25) is 4.79 Å². The maximum absolute atomic E-state index is 10.9. The first kappa shape index (κ1) is 11.2. The number of aryl methyl sites for hydroxylation is 1. The van der Waals surface area contributed by atoms with Crippen molar-refractivity contribution in [1.29, 1.82) is 0 Å². The Balaban J connectivity index is 2.76. The van der Waals surface area contributed by atoms with Crippen LogP contribution >= 0.6 is 0 Å². The molecule has 0 unspecified atom stereocenters. The first-order chi connectivity index (χ1) is 7.15. The Morgan fingerprint density at radius 1 is 1.33 bits per heavy atom.